The summed E-state index contributed by atoms with van der Waals surface area (Å²) in [5, 5.41) is 10.3. The zero-order valence-corrected chi connectivity index (χ0v) is 27.2. The minimum Gasteiger partial charge on any atom is -0.208 e. The molecule has 2 aromatic heterocycles. The molecule has 49 heavy (non-hydrogen) atoms. The van der Waals surface area contributed by atoms with Crippen molar-refractivity contribution in [3.8, 4) is 45.3 Å². The summed E-state index contributed by atoms with van der Waals surface area (Å²) < 4.78 is 2.66. The third kappa shape index (κ3) is 4.53. The predicted molar refractivity (Wildman–Crippen MR) is 207 cm³/mol. The smallest absolute Gasteiger partial charge is 0.164 e. The number of benzene rings is 8. The molecule has 0 saturated heterocycles. The van der Waals surface area contributed by atoms with Crippen LogP contribution in [-0.4, -0.2) is 15.0 Å². The van der Waals surface area contributed by atoms with E-state index in [4.69, 9.17) is 15.0 Å². The van der Waals surface area contributed by atoms with Crippen LogP contribution < -0.4 is 0 Å². The van der Waals surface area contributed by atoms with E-state index >= 15 is 0 Å². The van der Waals surface area contributed by atoms with Gasteiger partial charge in [-0.15, -0.1) is 11.3 Å². The highest BCUT2D eigenvalue weighted by Gasteiger charge is 2.18. The number of aromatic nitrogens is 3. The van der Waals surface area contributed by atoms with Gasteiger partial charge in [0.1, 0.15) is 0 Å². The van der Waals surface area contributed by atoms with Crippen LogP contribution in [0.1, 0.15) is 0 Å². The SMILES string of the molecule is c1ccc(-c2nc(-c3ccccc3)nc(-c3ccccc3-c3ccc4c(c3)c3ccccc3c3ccc5c6ccccc6sc5c34)n2)cc1. The molecule has 0 aliphatic rings. The Balaban J connectivity index is 1.23. The highest BCUT2D eigenvalue weighted by molar-refractivity contribution is 7.26. The molecular formula is C45H27N3S. The van der Waals surface area contributed by atoms with Crippen LogP contribution in [0.15, 0.2) is 164 Å². The summed E-state index contributed by atoms with van der Waals surface area (Å²) in [4.78, 5) is 15.1. The molecule has 0 atom stereocenters. The van der Waals surface area contributed by atoms with Gasteiger partial charge in [-0.1, -0.05) is 152 Å². The molecule has 0 amide bonds. The van der Waals surface area contributed by atoms with Crippen molar-refractivity contribution in [2.75, 3.05) is 0 Å². The number of hydrogen-bond acceptors (Lipinski definition) is 4. The molecule has 0 spiro atoms. The van der Waals surface area contributed by atoms with Crippen LogP contribution in [0.4, 0.5) is 0 Å². The van der Waals surface area contributed by atoms with Crippen molar-refractivity contribution in [2.24, 2.45) is 0 Å². The fourth-order valence-electron chi connectivity index (χ4n) is 7.25. The van der Waals surface area contributed by atoms with Crippen LogP contribution in [0.5, 0.6) is 0 Å². The number of nitrogens with zero attached hydrogens (tertiary/aromatic N) is 3. The van der Waals surface area contributed by atoms with Crippen LogP contribution >= 0.6 is 11.3 Å². The first-order valence-electron chi connectivity index (χ1n) is 16.5. The van der Waals surface area contributed by atoms with Gasteiger partial charge in [0.05, 0.1) is 0 Å². The van der Waals surface area contributed by atoms with Crippen LogP contribution in [0.2, 0.25) is 0 Å². The zero-order chi connectivity index (χ0) is 32.3. The van der Waals surface area contributed by atoms with E-state index in [0.29, 0.717) is 17.5 Å². The average molecular weight is 642 g/mol. The maximum absolute atomic E-state index is 5.07. The number of thiophene rings is 1. The van der Waals surface area contributed by atoms with Crippen molar-refractivity contribution in [1.82, 2.24) is 15.0 Å². The number of hydrogen-bond donors (Lipinski definition) is 0. The first kappa shape index (κ1) is 27.8. The molecular weight excluding hydrogens is 615 g/mol. The second-order valence-electron chi connectivity index (χ2n) is 12.4. The molecule has 228 valence electrons. The van der Waals surface area contributed by atoms with E-state index in [-0.39, 0.29) is 0 Å². The fourth-order valence-corrected chi connectivity index (χ4v) is 8.51. The molecule has 0 N–H and O–H groups in total. The van der Waals surface area contributed by atoms with Gasteiger partial charge < -0.3 is 0 Å². The Morgan fingerprint density at radius 1 is 0.327 bits per heavy atom. The monoisotopic (exact) mass is 641 g/mol. The Kier molecular flexibility index (Phi) is 6.36. The molecule has 4 heteroatoms. The van der Waals surface area contributed by atoms with Crippen molar-refractivity contribution in [1.29, 1.82) is 0 Å². The van der Waals surface area contributed by atoms with Crippen molar-refractivity contribution in [2.45, 2.75) is 0 Å². The molecule has 10 rings (SSSR count). The zero-order valence-electron chi connectivity index (χ0n) is 26.3. The first-order valence-corrected chi connectivity index (χ1v) is 17.3. The topological polar surface area (TPSA) is 38.7 Å². The van der Waals surface area contributed by atoms with Gasteiger partial charge in [-0.2, -0.15) is 0 Å². The highest BCUT2D eigenvalue weighted by atomic mass is 32.1. The third-order valence-electron chi connectivity index (χ3n) is 9.52. The quantitative estimate of drug-likeness (QED) is 0.180. The largest absolute Gasteiger partial charge is 0.208 e. The van der Waals surface area contributed by atoms with E-state index in [1.807, 2.05) is 72.0 Å². The molecule has 10 aromatic rings. The van der Waals surface area contributed by atoms with Gasteiger partial charge >= 0.3 is 0 Å². The summed E-state index contributed by atoms with van der Waals surface area (Å²) in [6.45, 7) is 0. The van der Waals surface area contributed by atoms with Gasteiger partial charge in [-0.3, -0.25) is 0 Å². The molecule has 0 aliphatic heterocycles. The van der Waals surface area contributed by atoms with Crippen LogP contribution in [-0.2, 0) is 0 Å². The van der Waals surface area contributed by atoms with Crippen LogP contribution in [0, 0.1) is 0 Å². The molecule has 3 nitrogen and oxygen atoms in total. The Morgan fingerprint density at radius 3 is 1.55 bits per heavy atom. The minimum atomic E-state index is 0.652. The normalized spacial score (nSPS) is 11.7. The van der Waals surface area contributed by atoms with Crippen molar-refractivity contribution >= 4 is 63.8 Å². The maximum atomic E-state index is 5.07. The van der Waals surface area contributed by atoms with E-state index in [2.05, 4.69) is 103 Å². The maximum Gasteiger partial charge on any atom is 0.164 e. The lowest BCUT2D eigenvalue weighted by Gasteiger charge is -2.15. The number of rotatable bonds is 4. The Labute approximate surface area is 286 Å². The molecule has 0 fully saturated rings. The van der Waals surface area contributed by atoms with Crippen molar-refractivity contribution in [3.05, 3.63) is 164 Å². The van der Waals surface area contributed by atoms with Gasteiger partial charge in [-0.05, 0) is 50.2 Å². The lowest BCUT2D eigenvalue weighted by molar-refractivity contribution is 1.07. The summed E-state index contributed by atoms with van der Waals surface area (Å²) >= 11 is 1.89. The molecule has 0 radical (unpaired) electrons. The second-order valence-corrected chi connectivity index (χ2v) is 13.4. The van der Waals surface area contributed by atoms with Crippen molar-refractivity contribution < 1.29 is 0 Å². The predicted octanol–water partition coefficient (Wildman–Crippen LogP) is 12.4. The average Bonchev–Trinajstić information content (AvgIpc) is 3.57. The summed E-state index contributed by atoms with van der Waals surface area (Å²) in [5.41, 5.74) is 5.09. The summed E-state index contributed by atoms with van der Waals surface area (Å²) in [5.74, 6) is 1.96. The lowest BCUT2D eigenvalue weighted by atomic mass is 9.90. The first-order chi connectivity index (χ1) is 24.3. The minimum absolute atomic E-state index is 0.652. The standard InChI is InChI=1S/C45H27N3S/c1-3-13-28(14-4-1)43-46-44(29-15-5-2-6-16-29)48-45(47-43)38-21-10-7-17-31(38)30-23-24-36-39(27-30)33-19-9-8-18-32(33)35-25-26-37-34-20-11-12-22-40(34)49-42(37)41(35)36/h1-27H. The Hall–Kier alpha value is -6.23. The van der Waals surface area contributed by atoms with E-state index in [9.17, 15) is 0 Å². The van der Waals surface area contributed by atoms with E-state index in [1.54, 1.807) is 0 Å². The van der Waals surface area contributed by atoms with Crippen molar-refractivity contribution in [3.63, 3.8) is 0 Å². The highest BCUT2D eigenvalue weighted by Crippen LogP contribution is 2.45. The Morgan fingerprint density at radius 2 is 0.837 bits per heavy atom. The van der Waals surface area contributed by atoms with E-state index in [0.717, 1.165) is 27.8 Å². The van der Waals surface area contributed by atoms with Gasteiger partial charge in [-0.25, -0.2) is 15.0 Å². The summed E-state index contributed by atoms with van der Waals surface area (Å²) in [6, 6.07) is 57.9. The van der Waals surface area contributed by atoms with Gasteiger partial charge in [0.25, 0.3) is 0 Å². The molecule has 0 aliphatic carbocycles. The molecule has 0 unspecified atom stereocenters. The summed E-state index contributed by atoms with van der Waals surface area (Å²) in [7, 11) is 0. The van der Waals surface area contributed by atoms with Gasteiger partial charge in [0, 0.05) is 42.2 Å². The second kappa shape index (κ2) is 11.2. The third-order valence-corrected chi connectivity index (χ3v) is 10.7. The molecule has 0 bridgehead atoms. The summed E-state index contributed by atoms with van der Waals surface area (Å²) in [6.07, 6.45) is 0. The van der Waals surface area contributed by atoms with Gasteiger partial charge in [0.15, 0.2) is 17.5 Å². The Bertz CT molecular complexity index is 2820. The van der Waals surface area contributed by atoms with Crippen LogP contribution in [0.3, 0.4) is 0 Å². The molecule has 0 saturated carbocycles. The van der Waals surface area contributed by atoms with Crippen LogP contribution in [0.25, 0.3) is 97.8 Å². The van der Waals surface area contributed by atoms with Gasteiger partial charge in [0.2, 0.25) is 0 Å². The van der Waals surface area contributed by atoms with E-state index < -0.39 is 0 Å². The van der Waals surface area contributed by atoms with E-state index in [1.165, 1.54) is 52.5 Å². The number of fused-ring (bicyclic) bond motifs is 10. The molecule has 8 aromatic carbocycles. The fraction of sp³-hybridized carbons (Fsp3) is 0. The molecule has 2 heterocycles. The lowest BCUT2D eigenvalue weighted by Crippen LogP contribution is -2.01.